The van der Waals surface area contributed by atoms with E-state index in [-0.39, 0.29) is 11.9 Å². The van der Waals surface area contributed by atoms with E-state index in [0.717, 1.165) is 44.8 Å². The number of carbonyl (C=O) groups excluding carboxylic acids is 1. The fourth-order valence-corrected chi connectivity index (χ4v) is 2.99. The maximum Gasteiger partial charge on any atom is 0.255 e. The number of hydrogen-bond donors (Lipinski definition) is 2. The summed E-state index contributed by atoms with van der Waals surface area (Å²) < 4.78 is 0. The van der Waals surface area contributed by atoms with Crippen molar-refractivity contribution in [1.82, 2.24) is 15.6 Å². The van der Waals surface area contributed by atoms with Crippen LogP contribution in [0, 0.1) is 0 Å². The number of amides is 1. The predicted octanol–water partition coefficient (Wildman–Crippen LogP) is 1.16. The van der Waals surface area contributed by atoms with Crippen molar-refractivity contribution < 1.29 is 4.79 Å². The van der Waals surface area contributed by atoms with Crippen LogP contribution < -0.4 is 15.5 Å². The summed E-state index contributed by atoms with van der Waals surface area (Å²) in [5, 5.41) is 6.45. The lowest BCUT2D eigenvalue weighted by Gasteiger charge is -2.25. The SMILES string of the molecule is O=C(N[C@H]1CCCNC1)c1cccnc1N1CCCC1. The molecule has 2 N–H and O–H groups in total. The van der Waals surface area contributed by atoms with E-state index in [1.165, 1.54) is 12.8 Å². The number of nitrogens with zero attached hydrogens (tertiary/aromatic N) is 2. The van der Waals surface area contributed by atoms with Gasteiger partial charge >= 0.3 is 0 Å². The molecule has 0 spiro atoms. The summed E-state index contributed by atoms with van der Waals surface area (Å²) in [4.78, 5) is 19.1. The van der Waals surface area contributed by atoms with Crippen LogP contribution in [0.15, 0.2) is 18.3 Å². The molecule has 1 amide bonds. The molecule has 5 heteroatoms. The molecule has 0 radical (unpaired) electrons. The molecule has 1 aromatic heterocycles. The maximum atomic E-state index is 12.5. The summed E-state index contributed by atoms with van der Waals surface area (Å²) in [6.45, 7) is 3.92. The zero-order valence-electron chi connectivity index (χ0n) is 11.8. The molecule has 3 rings (SSSR count). The van der Waals surface area contributed by atoms with Crippen LogP contribution in [0.3, 0.4) is 0 Å². The van der Waals surface area contributed by atoms with Gasteiger partial charge in [-0.15, -0.1) is 0 Å². The molecule has 2 aliphatic rings. The van der Waals surface area contributed by atoms with E-state index in [0.29, 0.717) is 5.56 Å². The van der Waals surface area contributed by atoms with Crippen molar-refractivity contribution in [2.75, 3.05) is 31.1 Å². The third-order valence-electron chi connectivity index (χ3n) is 4.07. The number of rotatable bonds is 3. The third-order valence-corrected chi connectivity index (χ3v) is 4.07. The minimum Gasteiger partial charge on any atom is -0.356 e. The number of aromatic nitrogens is 1. The number of carbonyl (C=O) groups is 1. The zero-order valence-corrected chi connectivity index (χ0v) is 11.8. The normalized spacial score (nSPS) is 22.8. The number of hydrogen-bond acceptors (Lipinski definition) is 4. The van der Waals surface area contributed by atoms with Gasteiger partial charge in [0.15, 0.2) is 0 Å². The van der Waals surface area contributed by atoms with Gasteiger partial charge in [-0.3, -0.25) is 4.79 Å². The number of nitrogens with one attached hydrogen (secondary N) is 2. The highest BCUT2D eigenvalue weighted by Gasteiger charge is 2.22. The summed E-state index contributed by atoms with van der Waals surface area (Å²) in [5.74, 6) is 0.847. The fraction of sp³-hybridized carbons (Fsp3) is 0.600. The van der Waals surface area contributed by atoms with Crippen molar-refractivity contribution in [3.8, 4) is 0 Å². The van der Waals surface area contributed by atoms with Gasteiger partial charge in [-0.2, -0.15) is 0 Å². The van der Waals surface area contributed by atoms with Gasteiger partial charge in [0.05, 0.1) is 5.56 Å². The topological polar surface area (TPSA) is 57.3 Å². The summed E-state index contributed by atoms with van der Waals surface area (Å²) >= 11 is 0. The largest absolute Gasteiger partial charge is 0.356 e. The summed E-state index contributed by atoms with van der Waals surface area (Å²) in [6.07, 6.45) is 6.32. The summed E-state index contributed by atoms with van der Waals surface area (Å²) in [7, 11) is 0. The highest BCUT2D eigenvalue weighted by Crippen LogP contribution is 2.22. The van der Waals surface area contributed by atoms with Gasteiger partial charge in [-0.25, -0.2) is 4.98 Å². The van der Waals surface area contributed by atoms with Crippen molar-refractivity contribution in [3.63, 3.8) is 0 Å². The molecule has 0 unspecified atom stereocenters. The molecule has 1 aromatic rings. The van der Waals surface area contributed by atoms with Crippen LogP contribution in [0.2, 0.25) is 0 Å². The minimum atomic E-state index is 0.00806. The Morgan fingerprint density at radius 3 is 2.95 bits per heavy atom. The van der Waals surface area contributed by atoms with Crippen LogP contribution in [0.25, 0.3) is 0 Å². The zero-order chi connectivity index (χ0) is 13.8. The molecular weight excluding hydrogens is 252 g/mol. The molecule has 0 aliphatic carbocycles. The first-order valence-corrected chi connectivity index (χ1v) is 7.56. The van der Waals surface area contributed by atoms with Crippen molar-refractivity contribution >= 4 is 11.7 Å². The van der Waals surface area contributed by atoms with Crippen LogP contribution >= 0.6 is 0 Å². The van der Waals surface area contributed by atoms with E-state index in [1.807, 2.05) is 12.1 Å². The van der Waals surface area contributed by atoms with Gasteiger partial charge in [0, 0.05) is 31.9 Å². The second-order valence-electron chi connectivity index (χ2n) is 5.59. The van der Waals surface area contributed by atoms with Gasteiger partial charge in [-0.05, 0) is 44.4 Å². The second-order valence-corrected chi connectivity index (χ2v) is 5.59. The number of anilines is 1. The van der Waals surface area contributed by atoms with E-state index < -0.39 is 0 Å². The Labute approximate surface area is 119 Å². The summed E-state index contributed by atoms with van der Waals surface area (Å²) in [6, 6.07) is 3.96. The molecule has 2 fully saturated rings. The minimum absolute atomic E-state index is 0.00806. The molecule has 3 heterocycles. The van der Waals surface area contributed by atoms with E-state index in [2.05, 4.69) is 20.5 Å². The average molecular weight is 274 g/mol. The number of pyridine rings is 1. The Morgan fingerprint density at radius 1 is 1.35 bits per heavy atom. The lowest BCUT2D eigenvalue weighted by molar-refractivity contribution is 0.0931. The van der Waals surface area contributed by atoms with Gasteiger partial charge in [-0.1, -0.05) is 0 Å². The lowest BCUT2D eigenvalue weighted by Crippen LogP contribution is -2.45. The Hall–Kier alpha value is -1.62. The highest BCUT2D eigenvalue weighted by atomic mass is 16.1. The average Bonchev–Trinajstić information content (AvgIpc) is 3.02. The predicted molar refractivity (Wildman–Crippen MR) is 79.0 cm³/mol. The first-order valence-electron chi connectivity index (χ1n) is 7.56. The Bertz CT molecular complexity index is 465. The molecule has 1 atom stereocenters. The van der Waals surface area contributed by atoms with E-state index >= 15 is 0 Å². The van der Waals surface area contributed by atoms with Crippen molar-refractivity contribution in [3.05, 3.63) is 23.9 Å². The molecule has 0 bridgehead atoms. The van der Waals surface area contributed by atoms with Crippen LogP contribution in [0.4, 0.5) is 5.82 Å². The first kappa shape index (κ1) is 13.4. The van der Waals surface area contributed by atoms with Crippen molar-refractivity contribution in [2.45, 2.75) is 31.7 Å². The van der Waals surface area contributed by atoms with Crippen LogP contribution in [-0.4, -0.2) is 43.1 Å². The molecule has 2 aliphatic heterocycles. The molecule has 0 saturated carbocycles. The van der Waals surface area contributed by atoms with E-state index in [9.17, 15) is 4.79 Å². The smallest absolute Gasteiger partial charge is 0.255 e. The highest BCUT2D eigenvalue weighted by molar-refractivity contribution is 5.99. The molecule has 0 aromatic carbocycles. The van der Waals surface area contributed by atoms with Crippen LogP contribution in [0.5, 0.6) is 0 Å². The Kier molecular flexibility index (Phi) is 4.16. The standard InChI is InChI=1S/C15H22N4O/c20-15(18-12-5-3-7-16-11-12)13-6-4-8-17-14(13)19-9-1-2-10-19/h4,6,8,12,16H,1-3,5,7,9-11H2,(H,18,20)/t12-/m0/s1. The lowest BCUT2D eigenvalue weighted by atomic mass is 10.1. The quantitative estimate of drug-likeness (QED) is 0.868. The van der Waals surface area contributed by atoms with Crippen molar-refractivity contribution in [2.24, 2.45) is 0 Å². The summed E-state index contributed by atoms with van der Waals surface area (Å²) in [5.41, 5.74) is 0.708. The van der Waals surface area contributed by atoms with Crippen LogP contribution in [-0.2, 0) is 0 Å². The third kappa shape index (κ3) is 2.93. The monoisotopic (exact) mass is 274 g/mol. The molecule has 2 saturated heterocycles. The molecule has 108 valence electrons. The van der Waals surface area contributed by atoms with Crippen LogP contribution in [0.1, 0.15) is 36.0 Å². The van der Waals surface area contributed by atoms with Gasteiger partial charge in [0.25, 0.3) is 5.91 Å². The Balaban J connectivity index is 1.73. The molecular formula is C15H22N4O. The first-order chi connectivity index (χ1) is 9.84. The van der Waals surface area contributed by atoms with Crippen molar-refractivity contribution in [1.29, 1.82) is 0 Å². The maximum absolute atomic E-state index is 12.5. The Morgan fingerprint density at radius 2 is 2.20 bits per heavy atom. The van der Waals surface area contributed by atoms with Gasteiger partial charge < -0.3 is 15.5 Å². The molecule has 5 nitrogen and oxygen atoms in total. The number of piperidine rings is 1. The van der Waals surface area contributed by atoms with Gasteiger partial charge in [0.1, 0.15) is 5.82 Å². The molecule has 20 heavy (non-hydrogen) atoms. The fourth-order valence-electron chi connectivity index (χ4n) is 2.99. The van der Waals surface area contributed by atoms with E-state index in [4.69, 9.17) is 0 Å². The second kappa shape index (κ2) is 6.22. The van der Waals surface area contributed by atoms with Gasteiger partial charge in [0.2, 0.25) is 0 Å². The van der Waals surface area contributed by atoms with E-state index in [1.54, 1.807) is 6.20 Å².